The van der Waals surface area contributed by atoms with Crippen molar-refractivity contribution in [3.8, 4) is 0 Å². The number of aromatic amines is 1. The Kier molecular flexibility index (Phi) is 4.58. The first-order valence-electron chi connectivity index (χ1n) is 7.87. The van der Waals surface area contributed by atoms with Gasteiger partial charge in [0.25, 0.3) is 0 Å². The van der Waals surface area contributed by atoms with Crippen molar-refractivity contribution < 1.29 is 4.39 Å². The van der Waals surface area contributed by atoms with E-state index in [1.165, 1.54) is 6.07 Å². The quantitative estimate of drug-likeness (QED) is 0.698. The lowest BCUT2D eigenvalue weighted by atomic mass is 10.2. The molecule has 1 N–H and O–H groups in total. The monoisotopic (exact) mass is 424 g/mol. The fourth-order valence-electron chi connectivity index (χ4n) is 3.06. The minimum absolute atomic E-state index is 0.159. The van der Waals surface area contributed by atoms with Crippen LogP contribution < -0.4 is 4.90 Å². The highest BCUT2D eigenvalue weighted by Gasteiger charge is 2.22. The molecular formula is C16H15BrClFN6. The van der Waals surface area contributed by atoms with Gasteiger partial charge in [0.2, 0.25) is 0 Å². The van der Waals surface area contributed by atoms with Crippen LogP contribution in [-0.4, -0.2) is 51.2 Å². The van der Waals surface area contributed by atoms with E-state index in [0.29, 0.717) is 6.54 Å². The number of fused-ring (bicyclic) bond motifs is 1. The number of hydrogen-bond acceptors (Lipinski definition) is 5. The first-order chi connectivity index (χ1) is 12.1. The Balaban J connectivity index is 1.46. The molecule has 0 bridgehead atoms. The number of hydrogen-bond donors (Lipinski definition) is 1. The SMILES string of the molecule is Fc1cc(CN2CCN(c3ncnc4[nH]nc(Br)c34)CC2)ccc1Cl. The molecule has 1 aliphatic rings. The second-order valence-electron chi connectivity index (χ2n) is 5.95. The van der Waals surface area contributed by atoms with Crippen LogP contribution in [0.1, 0.15) is 5.56 Å². The summed E-state index contributed by atoms with van der Waals surface area (Å²) in [5.74, 6) is 0.508. The van der Waals surface area contributed by atoms with Crippen molar-refractivity contribution in [2.75, 3.05) is 31.1 Å². The number of rotatable bonds is 3. The largest absolute Gasteiger partial charge is 0.353 e. The molecule has 0 amide bonds. The lowest BCUT2D eigenvalue weighted by molar-refractivity contribution is 0.249. The standard InChI is InChI=1S/C16H15BrClFN6/c17-14-13-15(23-22-14)20-9-21-16(13)25-5-3-24(4-6-25)8-10-1-2-11(18)12(19)7-10/h1-2,7,9H,3-6,8H2,(H,20,21,22,23). The van der Waals surface area contributed by atoms with Gasteiger partial charge in [-0.25, -0.2) is 14.4 Å². The Labute approximate surface area is 157 Å². The molecule has 3 aromatic rings. The summed E-state index contributed by atoms with van der Waals surface area (Å²) in [6.45, 7) is 4.10. The van der Waals surface area contributed by atoms with Crippen LogP contribution in [0.25, 0.3) is 11.0 Å². The minimum Gasteiger partial charge on any atom is -0.353 e. The average molecular weight is 426 g/mol. The van der Waals surface area contributed by atoms with Crippen molar-refractivity contribution in [1.82, 2.24) is 25.1 Å². The smallest absolute Gasteiger partial charge is 0.161 e. The second kappa shape index (κ2) is 6.86. The highest BCUT2D eigenvalue weighted by Crippen LogP contribution is 2.29. The number of benzene rings is 1. The van der Waals surface area contributed by atoms with Crippen molar-refractivity contribution in [2.24, 2.45) is 0 Å². The fraction of sp³-hybridized carbons (Fsp3) is 0.312. The number of anilines is 1. The normalized spacial score (nSPS) is 15.9. The van der Waals surface area contributed by atoms with Crippen molar-refractivity contribution in [3.63, 3.8) is 0 Å². The topological polar surface area (TPSA) is 60.9 Å². The van der Waals surface area contributed by atoms with E-state index in [1.54, 1.807) is 12.4 Å². The molecule has 1 aliphatic heterocycles. The third-order valence-electron chi connectivity index (χ3n) is 4.36. The Morgan fingerprint density at radius 1 is 1.20 bits per heavy atom. The predicted molar refractivity (Wildman–Crippen MR) is 98.3 cm³/mol. The Hall–Kier alpha value is -1.77. The van der Waals surface area contributed by atoms with Crippen molar-refractivity contribution in [3.05, 3.63) is 45.5 Å². The number of halogens is 3. The summed E-state index contributed by atoms with van der Waals surface area (Å²) in [5.41, 5.74) is 1.65. The van der Waals surface area contributed by atoms with E-state index in [-0.39, 0.29) is 10.8 Å². The summed E-state index contributed by atoms with van der Waals surface area (Å²) in [6.07, 6.45) is 1.55. The maximum atomic E-state index is 13.6. The zero-order chi connectivity index (χ0) is 17.4. The van der Waals surface area contributed by atoms with Gasteiger partial charge in [0.1, 0.15) is 22.6 Å². The first-order valence-corrected chi connectivity index (χ1v) is 9.05. The van der Waals surface area contributed by atoms with E-state index in [1.807, 2.05) is 6.07 Å². The van der Waals surface area contributed by atoms with E-state index in [0.717, 1.165) is 53.2 Å². The molecule has 130 valence electrons. The Morgan fingerprint density at radius 3 is 2.76 bits per heavy atom. The van der Waals surface area contributed by atoms with Crippen LogP contribution in [-0.2, 0) is 6.54 Å². The van der Waals surface area contributed by atoms with Gasteiger partial charge in [-0.15, -0.1) is 0 Å². The van der Waals surface area contributed by atoms with Gasteiger partial charge in [-0.2, -0.15) is 5.10 Å². The van der Waals surface area contributed by atoms with Crippen molar-refractivity contribution in [2.45, 2.75) is 6.54 Å². The first kappa shape index (κ1) is 16.7. The average Bonchev–Trinajstić information content (AvgIpc) is 3.00. The molecule has 0 unspecified atom stereocenters. The van der Waals surface area contributed by atoms with Crippen LogP contribution in [0, 0.1) is 5.82 Å². The molecule has 3 heterocycles. The van der Waals surface area contributed by atoms with E-state index in [4.69, 9.17) is 11.6 Å². The van der Waals surface area contributed by atoms with Gasteiger partial charge in [0.05, 0.1) is 10.4 Å². The number of aromatic nitrogens is 4. The molecule has 0 saturated carbocycles. The fourth-order valence-corrected chi connectivity index (χ4v) is 3.63. The van der Waals surface area contributed by atoms with Crippen LogP contribution in [0.2, 0.25) is 5.02 Å². The van der Waals surface area contributed by atoms with Crippen molar-refractivity contribution >= 4 is 44.4 Å². The van der Waals surface area contributed by atoms with Gasteiger partial charge in [-0.1, -0.05) is 17.7 Å². The maximum absolute atomic E-state index is 13.6. The van der Waals surface area contributed by atoms with Gasteiger partial charge in [0, 0.05) is 32.7 Å². The Bertz CT molecular complexity index is 909. The Morgan fingerprint density at radius 2 is 2.00 bits per heavy atom. The predicted octanol–water partition coefficient (Wildman–Crippen LogP) is 3.23. The van der Waals surface area contributed by atoms with Gasteiger partial charge < -0.3 is 4.90 Å². The third kappa shape index (κ3) is 3.33. The van der Waals surface area contributed by atoms with Gasteiger partial charge in [-0.3, -0.25) is 10.00 Å². The lowest BCUT2D eigenvalue weighted by Gasteiger charge is -2.35. The molecule has 0 atom stereocenters. The van der Waals surface area contributed by atoms with Crippen LogP contribution in [0.4, 0.5) is 10.2 Å². The molecule has 25 heavy (non-hydrogen) atoms. The van der Waals surface area contributed by atoms with E-state index >= 15 is 0 Å². The molecule has 0 radical (unpaired) electrons. The molecule has 6 nitrogen and oxygen atoms in total. The van der Waals surface area contributed by atoms with Crippen molar-refractivity contribution in [1.29, 1.82) is 0 Å². The zero-order valence-electron chi connectivity index (χ0n) is 13.2. The highest BCUT2D eigenvalue weighted by molar-refractivity contribution is 9.10. The maximum Gasteiger partial charge on any atom is 0.161 e. The van der Waals surface area contributed by atoms with Gasteiger partial charge >= 0.3 is 0 Å². The van der Waals surface area contributed by atoms with Gasteiger partial charge in [0.15, 0.2) is 5.65 Å². The number of H-pyrrole nitrogens is 1. The highest BCUT2D eigenvalue weighted by atomic mass is 79.9. The minimum atomic E-state index is -0.369. The molecule has 9 heteroatoms. The second-order valence-corrected chi connectivity index (χ2v) is 7.11. The molecule has 1 aromatic carbocycles. The zero-order valence-corrected chi connectivity index (χ0v) is 15.6. The summed E-state index contributed by atoms with van der Waals surface area (Å²) >= 11 is 9.19. The molecule has 4 rings (SSSR count). The van der Waals surface area contributed by atoms with Crippen LogP contribution in [0.5, 0.6) is 0 Å². The van der Waals surface area contributed by atoms with Crippen LogP contribution in [0.15, 0.2) is 29.1 Å². The van der Waals surface area contributed by atoms with Crippen LogP contribution in [0.3, 0.4) is 0 Å². The summed E-state index contributed by atoms with van der Waals surface area (Å²) in [6, 6.07) is 4.98. The summed E-state index contributed by atoms with van der Waals surface area (Å²) in [7, 11) is 0. The van der Waals surface area contributed by atoms with E-state index in [2.05, 4.69) is 45.9 Å². The van der Waals surface area contributed by atoms with E-state index in [9.17, 15) is 4.39 Å². The molecule has 2 aromatic heterocycles. The summed E-state index contributed by atoms with van der Waals surface area (Å²) < 4.78 is 14.3. The molecule has 1 fully saturated rings. The lowest BCUT2D eigenvalue weighted by Crippen LogP contribution is -2.46. The van der Waals surface area contributed by atoms with E-state index < -0.39 is 0 Å². The van der Waals surface area contributed by atoms with Gasteiger partial charge in [-0.05, 0) is 33.6 Å². The third-order valence-corrected chi connectivity index (χ3v) is 5.24. The summed E-state index contributed by atoms with van der Waals surface area (Å²) in [4.78, 5) is 13.2. The molecule has 0 aliphatic carbocycles. The number of nitrogens with one attached hydrogen (secondary N) is 1. The molecule has 0 spiro atoms. The number of piperazine rings is 1. The molecule has 1 saturated heterocycles. The summed E-state index contributed by atoms with van der Waals surface area (Å²) in [5, 5.41) is 8.09. The van der Waals surface area contributed by atoms with Crippen LogP contribution >= 0.6 is 27.5 Å². The molecular weight excluding hydrogens is 411 g/mol. The number of nitrogens with zero attached hydrogens (tertiary/aromatic N) is 5.